The third-order valence-corrected chi connectivity index (χ3v) is 6.99. The number of phenolic OH excluding ortho intramolecular Hbond substituents is 1. The number of benzene rings is 1. The van der Waals surface area contributed by atoms with E-state index < -0.39 is 75.6 Å². The number of primary amides is 1. The fourth-order valence-electron chi connectivity index (χ4n) is 5.58. The molecule has 1 aromatic carbocycles. The van der Waals surface area contributed by atoms with Gasteiger partial charge in [-0.2, -0.15) is 0 Å². The maximum atomic E-state index is 13.7. The molecule has 1 aromatic rings. The molecule has 1 amide bonds. The number of Topliss-reactive ketones (excluding diaryl/α,β-unsaturated/α-hetero) is 2. The molecule has 1 unspecified atom stereocenters. The first-order chi connectivity index (χ1) is 14.9. The summed E-state index contributed by atoms with van der Waals surface area (Å²) in [5, 5.41) is 54.9. The second-order valence-corrected chi connectivity index (χ2v) is 8.79. The van der Waals surface area contributed by atoms with Crippen LogP contribution in [0.2, 0.25) is 0 Å². The number of fused-ring (bicyclic) bond motifs is 3. The lowest BCUT2D eigenvalue weighted by Crippen LogP contribution is -2.70. The zero-order chi connectivity index (χ0) is 23.9. The van der Waals surface area contributed by atoms with Gasteiger partial charge in [0, 0.05) is 11.5 Å². The van der Waals surface area contributed by atoms with Gasteiger partial charge in [0.15, 0.2) is 11.4 Å². The van der Waals surface area contributed by atoms with Crippen molar-refractivity contribution >= 4 is 23.2 Å². The fraction of sp³-hybridized carbons (Fsp3) is 0.409. The Labute approximate surface area is 188 Å². The van der Waals surface area contributed by atoms with Crippen LogP contribution in [0.3, 0.4) is 0 Å². The Morgan fingerprint density at radius 2 is 1.76 bits per heavy atom. The number of hydrogen-bond donors (Lipinski definition) is 6. The third-order valence-electron chi connectivity index (χ3n) is 6.99. The number of nitrogens with two attached hydrogens (primary N) is 1. The van der Waals surface area contributed by atoms with Gasteiger partial charge < -0.3 is 36.7 Å². The van der Waals surface area contributed by atoms with Crippen LogP contribution < -0.4 is 5.73 Å². The zero-order valence-corrected chi connectivity index (χ0v) is 18.1. The summed E-state index contributed by atoms with van der Waals surface area (Å²) in [6.07, 6.45) is -1.59. The number of likely N-dealkylation sites (N-methyl/N-ethyl adjacent to an activating group) is 1. The van der Waals surface area contributed by atoms with Crippen LogP contribution in [0.25, 0.3) is 5.76 Å². The predicted octanol–water partition coefficient (Wildman–Crippen LogP) is -1.33. The molecule has 9 N–H and O–H groups in total. The van der Waals surface area contributed by atoms with Crippen LogP contribution in [0.15, 0.2) is 35.1 Å². The van der Waals surface area contributed by atoms with Gasteiger partial charge in [-0.3, -0.25) is 19.3 Å². The van der Waals surface area contributed by atoms with E-state index in [1.165, 1.54) is 25.1 Å². The number of rotatable bonds is 2. The molecule has 11 nitrogen and oxygen atoms in total. The van der Waals surface area contributed by atoms with Crippen molar-refractivity contribution in [1.29, 1.82) is 0 Å². The number of amides is 1. The number of carbonyl (C=O) groups excluding carboxylic acids is 3. The molecular formula is C22H26N2O9. The Bertz CT molecular complexity index is 1140. The Hall–Kier alpha value is -3.25. The lowest BCUT2D eigenvalue weighted by Gasteiger charge is -2.53. The molecule has 0 aromatic heterocycles. The molecule has 0 bridgehead atoms. The van der Waals surface area contributed by atoms with Crippen molar-refractivity contribution in [2.75, 3.05) is 14.1 Å². The molecule has 178 valence electrons. The number of aliphatic hydroxyl groups is 4. The minimum atomic E-state index is -2.89. The highest BCUT2D eigenvalue weighted by Crippen LogP contribution is 2.55. The average molecular weight is 462 g/mol. The van der Waals surface area contributed by atoms with Crippen LogP contribution >= 0.6 is 0 Å². The molecular weight excluding hydrogens is 436 g/mol. The normalized spacial score (nSPS) is 33.3. The molecule has 11 heteroatoms. The molecule has 33 heavy (non-hydrogen) atoms. The van der Waals surface area contributed by atoms with Crippen LogP contribution in [-0.4, -0.2) is 85.2 Å². The van der Waals surface area contributed by atoms with E-state index >= 15 is 0 Å². The van der Waals surface area contributed by atoms with Crippen LogP contribution in [0, 0.1) is 11.8 Å². The summed E-state index contributed by atoms with van der Waals surface area (Å²) in [7, 11) is 2.92. The monoisotopic (exact) mass is 462 g/mol. The number of hydrogen-bond acceptors (Lipinski definition) is 9. The lowest BCUT2D eigenvalue weighted by atomic mass is 9.54. The van der Waals surface area contributed by atoms with E-state index in [0.717, 1.165) is 0 Å². The van der Waals surface area contributed by atoms with Gasteiger partial charge in [-0.1, -0.05) is 19.1 Å². The Kier molecular flexibility index (Phi) is 5.66. The first-order valence-corrected chi connectivity index (χ1v) is 10.0. The number of phenols is 1. The minimum Gasteiger partial charge on any atom is -0.508 e. The molecule has 1 saturated carbocycles. The molecule has 0 saturated heterocycles. The van der Waals surface area contributed by atoms with Crippen molar-refractivity contribution in [1.82, 2.24) is 4.90 Å². The lowest BCUT2D eigenvalue weighted by molar-refractivity contribution is -0.169. The molecule has 4 rings (SSSR count). The molecule has 6 atom stereocenters. The SMILES string of the molecule is C[C@H]1c2cccc(O)c2C(O)=C2C(=O)[C@]3(O)C(O)=C(C(N)=O)C(=O)[C@@H](N(C)C)C3[C@@H](O)[C@@H]21.O. The van der Waals surface area contributed by atoms with Crippen LogP contribution in [0.4, 0.5) is 0 Å². The first-order valence-electron chi connectivity index (χ1n) is 10.0. The Morgan fingerprint density at radius 1 is 1.15 bits per heavy atom. The van der Waals surface area contributed by atoms with E-state index in [1.54, 1.807) is 19.1 Å². The topological polar surface area (TPSA) is 213 Å². The summed E-state index contributed by atoms with van der Waals surface area (Å²) in [6.45, 7) is 1.68. The Balaban J connectivity index is 0.00000306. The van der Waals surface area contributed by atoms with Crippen molar-refractivity contribution < 1.29 is 45.4 Å². The van der Waals surface area contributed by atoms with Crippen molar-refractivity contribution in [2.45, 2.75) is 30.6 Å². The van der Waals surface area contributed by atoms with Crippen molar-refractivity contribution in [3.8, 4) is 5.75 Å². The summed E-state index contributed by atoms with van der Waals surface area (Å²) in [5.74, 6) is -8.87. The van der Waals surface area contributed by atoms with Gasteiger partial charge in [0.2, 0.25) is 5.78 Å². The fourth-order valence-corrected chi connectivity index (χ4v) is 5.58. The van der Waals surface area contributed by atoms with Gasteiger partial charge in [0.05, 0.1) is 23.6 Å². The van der Waals surface area contributed by atoms with Gasteiger partial charge in [-0.25, -0.2) is 0 Å². The van der Waals surface area contributed by atoms with E-state index in [2.05, 4.69) is 0 Å². The molecule has 3 aliphatic carbocycles. The highest BCUT2D eigenvalue weighted by molar-refractivity contribution is 6.24. The van der Waals surface area contributed by atoms with E-state index in [9.17, 15) is 39.9 Å². The average Bonchev–Trinajstić information content (AvgIpc) is 2.70. The molecule has 1 fully saturated rings. The number of carbonyl (C=O) groups is 3. The van der Waals surface area contributed by atoms with Crippen LogP contribution in [0.1, 0.15) is 24.0 Å². The summed E-state index contributed by atoms with van der Waals surface area (Å²) in [6, 6.07) is 3.13. The van der Waals surface area contributed by atoms with E-state index in [-0.39, 0.29) is 16.8 Å². The smallest absolute Gasteiger partial charge is 0.255 e. The summed E-state index contributed by atoms with van der Waals surface area (Å²) in [4.78, 5) is 40.0. The van der Waals surface area contributed by atoms with Gasteiger partial charge in [0.1, 0.15) is 22.8 Å². The van der Waals surface area contributed by atoms with Gasteiger partial charge in [-0.05, 0) is 31.6 Å². The number of ketones is 2. The molecule has 0 spiro atoms. The molecule has 0 radical (unpaired) electrons. The Morgan fingerprint density at radius 3 is 2.30 bits per heavy atom. The van der Waals surface area contributed by atoms with E-state index in [1.807, 2.05) is 0 Å². The first kappa shape index (κ1) is 24.4. The quantitative estimate of drug-likeness (QED) is 0.287. The van der Waals surface area contributed by atoms with E-state index in [4.69, 9.17) is 5.73 Å². The predicted molar refractivity (Wildman–Crippen MR) is 114 cm³/mol. The summed E-state index contributed by atoms with van der Waals surface area (Å²) in [5.41, 5.74) is 1.47. The second kappa shape index (κ2) is 7.66. The molecule has 0 heterocycles. The number of nitrogens with zero attached hydrogens (tertiary/aromatic N) is 1. The van der Waals surface area contributed by atoms with Gasteiger partial charge in [-0.15, -0.1) is 0 Å². The maximum absolute atomic E-state index is 13.7. The zero-order valence-electron chi connectivity index (χ0n) is 18.1. The van der Waals surface area contributed by atoms with Crippen molar-refractivity contribution in [3.63, 3.8) is 0 Å². The van der Waals surface area contributed by atoms with E-state index in [0.29, 0.717) is 5.56 Å². The standard InChI is InChI=1S/C22H24N2O8.H2O/c1-7-8-5-4-6-9(25)11(8)16(26)12-10(7)17(27)14-15(24(2)3)18(28)13(21(23)31)20(30)22(14,32)19(12)29;/h4-7,10,14-15,17,25-27,30,32H,1-3H3,(H2,23,31);1H2/t7-,10+,14?,15-,17-,22-;/m0./s1. The summed E-state index contributed by atoms with van der Waals surface area (Å²) >= 11 is 0. The number of aromatic hydroxyl groups is 1. The highest BCUT2D eigenvalue weighted by atomic mass is 16.4. The van der Waals surface area contributed by atoms with Crippen LogP contribution in [0.5, 0.6) is 5.75 Å². The third kappa shape index (κ3) is 2.86. The molecule has 0 aliphatic heterocycles. The number of aliphatic hydroxyl groups excluding tert-OH is 3. The summed E-state index contributed by atoms with van der Waals surface area (Å²) < 4.78 is 0. The maximum Gasteiger partial charge on any atom is 0.255 e. The molecule has 3 aliphatic rings. The second-order valence-electron chi connectivity index (χ2n) is 8.79. The van der Waals surface area contributed by atoms with Crippen molar-refractivity contribution in [3.05, 3.63) is 46.2 Å². The van der Waals surface area contributed by atoms with Crippen LogP contribution in [-0.2, 0) is 14.4 Å². The van der Waals surface area contributed by atoms with Gasteiger partial charge >= 0.3 is 0 Å². The highest BCUT2D eigenvalue weighted by Gasteiger charge is 2.68. The minimum absolute atomic E-state index is 0. The largest absolute Gasteiger partial charge is 0.508 e. The van der Waals surface area contributed by atoms with Gasteiger partial charge in [0.25, 0.3) is 5.91 Å². The van der Waals surface area contributed by atoms with Crippen molar-refractivity contribution in [2.24, 2.45) is 17.6 Å².